The number of nitrogens with zero attached hydrogens (tertiary/aromatic N) is 1. The third-order valence-electron chi connectivity index (χ3n) is 8.04. The molecular formula is C44H37N. The average molecular weight is 580 g/mol. The van der Waals surface area contributed by atoms with E-state index in [1.807, 2.05) is 12.2 Å². The molecule has 0 heterocycles. The van der Waals surface area contributed by atoms with Gasteiger partial charge < -0.3 is 4.90 Å². The summed E-state index contributed by atoms with van der Waals surface area (Å²) >= 11 is 0. The third-order valence-corrected chi connectivity index (χ3v) is 8.04. The molecule has 0 fully saturated rings. The van der Waals surface area contributed by atoms with Crippen LogP contribution in [-0.4, -0.2) is 0 Å². The van der Waals surface area contributed by atoms with Crippen LogP contribution in [-0.2, 0) is 0 Å². The summed E-state index contributed by atoms with van der Waals surface area (Å²) in [4.78, 5) is 2.22. The van der Waals surface area contributed by atoms with Crippen molar-refractivity contribution in [2.24, 2.45) is 0 Å². The Kier molecular flexibility index (Phi) is 9.35. The van der Waals surface area contributed by atoms with E-state index in [-0.39, 0.29) is 0 Å². The van der Waals surface area contributed by atoms with Crippen molar-refractivity contribution in [1.82, 2.24) is 0 Å². The molecule has 1 heteroatoms. The Morgan fingerprint density at radius 3 is 1.98 bits per heavy atom. The molecule has 0 radical (unpaired) electrons. The lowest BCUT2D eigenvalue weighted by molar-refractivity contribution is 0.993. The summed E-state index contributed by atoms with van der Waals surface area (Å²) < 4.78 is 0. The van der Waals surface area contributed by atoms with E-state index in [4.69, 9.17) is 0 Å². The lowest BCUT2D eigenvalue weighted by atomic mass is 9.92. The van der Waals surface area contributed by atoms with Gasteiger partial charge in [0, 0.05) is 17.5 Å². The Balaban J connectivity index is 1.34. The highest BCUT2D eigenvalue weighted by Crippen LogP contribution is 2.32. The molecule has 4 aromatic carbocycles. The number of hydrogen-bond donors (Lipinski definition) is 0. The smallest absolute Gasteiger partial charge is 0.0968 e. The summed E-state index contributed by atoms with van der Waals surface area (Å²) in [6.07, 6.45) is 23.5. The van der Waals surface area contributed by atoms with E-state index in [0.717, 1.165) is 29.8 Å². The molecule has 0 aliphatic heterocycles. The number of allylic oxidation sites excluding steroid dienone is 10. The summed E-state index contributed by atoms with van der Waals surface area (Å²) in [5.41, 5.74) is 19.5. The molecule has 0 bridgehead atoms. The minimum absolute atomic E-state index is 0.949. The average Bonchev–Trinajstić information content (AvgIpc) is 3.10. The van der Waals surface area contributed by atoms with Crippen LogP contribution in [0.5, 0.6) is 0 Å². The van der Waals surface area contributed by atoms with Gasteiger partial charge in [-0.1, -0.05) is 150 Å². The number of rotatable bonds is 9. The van der Waals surface area contributed by atoms with Crippen molar-refractivity contribution in [2.75, 3.05) is 4.90 Å². The fourth-order valence-corrected chi connectivity index (χ4v) is 5.51. The molecule has 0 saturated heterocycles. The zero-order valence-corrected chi connectivity index (χ0v) is 25.9. The predicted molar refractivity (Wildman–Crippen MR) is 193 cm³/mol. The van der Waals surface area contributed by atoms with Crippen LogP contribution >= 0.6 is 0 Å². The molecule has 2 aliphatic carbocycles. The van der Waals surface area contributed by atoms with Gasteiger partial charge in [0.2, 0.25) is 0 Å². The van der Waals surface area contributed by atoms with Gasteiger partial charge in [-0.15, -0.1) is 0 Å². The molecule has 45 heavy (non-hydrogen) atoms. The quantitative estimate of drug-likeness (QED) is 0.141. The maximum Gasteiger partial charge on any atom is 0.0968 e. The van der Waals surface area contributed by atoms with Crippen molar-refractivity contribution >= 4 is 22.9 Å². The Morgan fingerprint density at radius 1 is 0.711 bits per heavy atom. The lowest BCUT2D eigenvalue weighted by Gasteiger charge is -2.24. The molecule has 0 N–H and O–H groups in total. The molecule has 0 aromatic heterocycles. The molecule has 0 unspecified atom stereocenters. The van der Waals surface area contributed by atoms with Crippen LogP contribution in [0.25, 0.3) is 17.2 Å². The van der Waals surface area contributed by atoms with Gasteiger partial charge in [-0.05, 0) is 90.1 Å². The van der Waals surface area contributed by atoms with Crippen LogP contribution in [0.3, 0.4) is 0 Å². The first kappa shape index (κ1) is 29.5. The summed E-state index contributed by atoms with van der Waals surface area (Å²) in [7, 11) is 0. The van der Waals surface area contributed by atoms with Crippen molar-refractivity contribution in [3.63, 3.8) is 0 Å². The first-order valence-corrected chi connectivity index (χ1v) is 15.6. The van der Waals surface area contributed by atoms with Crippen molar-refractivity contribution < 1.29 is 0 Å². The van der Waals surface area contributed by atoms with E-state index in [1.165, 1.54) is 44.5 Å². The highest BCUT2D eigenvalue weighted by Gasteiger charge is 2.15. The van der Waals surface area contributed by atoms with E-state index in [1.54, 1.807) is 0 Å². The molecule has 0 amide bonds. The first-order valence-electron chi connectivity index (χ1n) is 15.6. The van der Waals surface area contributed by atoms with Gasteiger partial charge in [0.15, 0.2) is 0 Å². The van der Waals surface area contributed by atoms with Crippen LogP contribution in [0.4, 0.5) is 5.69 Å². The van der Waals surface area contributed by atoms with E-state index in [0.29, 0.717) is 0 Å². The van der Waals surface area contributed by atoms with Gasteiger partial charge in [-0.25, -0.2) is 0 Å². The van der Waals surface area contributed by atoms with Crippen LogP contribution in [0.1, 0.15) is 46.2 Å². The van der Waals surface area contributed by atoms with E-state index >= 15 is 0 Å². The second kappa shape index (κ2) is 14.3. The Labute approximate surface area is 267 Å². The number of aryl methyl sites for hydroxylation is 2. The number of hydrogen-bond acceptors (Lipinski definition) is 1. The van der Waals surface area contributed by atoms with Gasteiger partial charge >= 0.3 is 0 Å². The second-order valence-electron chi connectivity index (χ2n) is 11.4. The van der Waals surface area contributed by atoms with E-state index < -0.39 is 0 Å². The summed E-state index contributed by atoms with van der Waals surface area (Å²) in [5.74, 6) is 0. The van der Waals surface area contributed by atoms with Crippen LogP contribution in [0, 0.1) is 13.8 Å². The second-order valence-corrected chi connectivity index (χ2v) is 11.4. The number of anilines is 1. The number of benzene rings is 4. The fourth-order valence-electron chi connectivity index (χ4n) is 5.51. The van der Waals surface area contributed by atoms with Crippen molar-refractivity contribution in [2.45, 2.75) is 26.7 Å². The maximum absolute atomic E-state index is 3.33. The van der Waals surface area contributed by atoms with Gasteiger partial charge in [0.1, 0.15) is 0 Å². The summed E-state index contributed by atoms with van der Waals surface area (Å²) in [6, 6.07) is 36.9. The molecular weight excluding hydrogens is 542 g/mol. The van der Waals surface area contributed by atoms with Crippen molar-refractivity contribution in [3.8, 4) is 0 Å². The normalized spacial score (nSPS) is 14.0. The molecule has 218 valence electrons. The molecule has 2 aliphatic rings. The van der Waals surface area contributed by atoms with Gasteiger partial charge in [0.25, 0.3) is 0 Å². The Bertz CT molecular complexity index is 1880. The Hall–Kier alpha value is -5.58. The third kappa shape index (κ3) is 7.50. The lowest BCUT2D eigenvalue weighted by Crippen LogP contribution is -2.15. The molecule has 6 rings (SSSR count). The summed E-state index contributed by atoms with van der Waals surface area (Å²) in [5, 5.41) is 0. The highest BCUT2D eigenvalue weighted by molar-refractivity contribution is 5.83. The Morgan fingerprint density at radius 2 is 1.38 bits per heavy atom. The van der Waals surface area contributed by atoms with E-state index in [9.17, 15) is 0 Å². The first-order chi connectivity index (χ1) is 22.1. The fraction of sp³-hybridized carbons (Fsp3) is 0.0909. The van der Waals surface area contributed by atoms with Gasteiger partial charge in [-0.3, -0.25) is 0 Å². The van der Waals surface area contributed by atoms with Crippen molar-refractivity contribution in [1.29, 1.82) is 0 Å². The molecule has 0 saturated carbocycles. The monoisotopic (exact) mass is 579 g/mol. The topological polar surface area (TPSA) is 3.24 Å². The minimum Gasteiger partial charge on any atom is -0.309 e. The van der Waals surface area contributed by atoms with Crippen LogP contribution in [0.2, 0.25) is 0 Å². The van der Waals surface area contributed by atoms with Gasteiger partial charge in [0.05, 0.1) is 5.70 Å². The largest absolute Gasteiger partial charge is 0.309 e. The minimum atomic E-state index is 0.949. The molecule has 4 aromatic rings. The standard InChI is InChI=1S/C44H37N/c1-34-21-27-39(28-22-34)43(40-29-23-35(2)24-30-40)20-12-13-36-25-31-42(32-26-36)45(41-18-10-5-11-19-41)33-44(37-14-6-3-7-15-37)38-16-8-4-9-17-38/h3-8,10,12-16,18,20-33H,9,17H2,1-2H3/b13-12+,44-33-. The van der Waals surface area contributed by atoms with Crippen LogP contribution < -0.4 is 4.90 Å². The van der Waals surface area contributed by atoms with E-state index in [2.05, 4.69) is 182 Å². The van der Waals surface area contributed by atoms with Crippen molar-refractivity contribution in [3.05, 3.63) is 214 Å². The summed E-state index contributed by atoms with van der Waals surface area (Å²) in [6.45, 7) is 4.25. The molecule has 1 nitrogen and oxygen atoms in total. The van der Waals surface area contributed by atoms with Crippen LogP contribution in [0.15, 0.2) is 181 Å². The maximum atomic E-state index is 3.33. The SMILES string of the molecule is Cc1ccc(C(=C/C=C/c2ccc(N(/C=C(\C3=CC=CCC3)c3ccccc3)C3=C=C=CC=C3)cc2)c2ccc(C)cc2)cc1. The molecule has 0 atom stereocenters. The zero-order chi connectivity index (χ0) is 30.8. The van der Waals surface area contributed by atoms with Gasteiger partial charge in [-0.2, -0.15) is 0 Å². The highest BCUT2D eigenvalue weighted by atomic mass is 15.1. The predicted octanol–water partition coefficient (Wildman–Crippen LogP) is 11.3. The zero-order valence-electron chi connectivity index (χ0n) is 25.9. The molecule has 0 spiro atoms.